The normalized spacial score (nSPS) is 11.4. The van der Waals surface area contributed by atoms with Crippen LogP contribution in [-0.2, 0) is 23.5 Å². The van der Waals surface area contributed by atoms with E-state index in [0.717, 1.165) is 24.5 Å². The summed E-state index contributed by atoms with van der Waals surface area (Å²) in [5.74, 6) is -1.98. The Hall–Kier alpha value is -3.30. The largest absolute Gasteiger partial charge is 0.482 e. The van der Waals surface area contributed by atoms with Gasteiger partial charge in [-0.05, 0) is 30.3 Å². The van der Waals surface area contributed by atoms with E-state index in [9.17, 15) is 21.6 Å². The van der Waals surface area contributed by atoms with Gasteiger partial charge in [-0.3, -0.25) is 0 Å². The van der Waals surface area contributed by atoms with Crippen molar-refractivity contribution < 1.29 is 31.1 Å². The summed E-state index contributed by atoms with van der Waals surface area (Å²) in [5, 5.41) is 15.8. The van der Waals surface area contributed by atoms with Crippen LogP contribution < -0.4 is 9.47 Å². The van der Waals surface area contributed by atoms with Gasteiger partial charge >= 0.3 is 0 Å². The molecule has 0 saturated carbocycles. The number of ether oxygens (including phenoxy) is 2. The maximum atomic E-state index is 15.0. The summed E-state index contributed by atoms with van der Waals surface area (Å²) in [6, 6.07) is 7.29. The fourth-order valence-electron chi connectivity index (χ4n) is 2.64. The number of halogens is 4. The van der Waals surface area contributed by atoms with Crippen LogP contribution in [0.2, 0.25) is 5.02 Å². The highest BCUT2D eigenvalue weighted by molar-refractivity contribution is 7.90. The lowest BCUT2D eigenvalue weighted by Gasteiger charge is -2.13. The van der Waals surface area contributed by atoms with Gasteiger partial charge in [-0.2, -0.15) is 9.65 Å². The van der Waals surface area contributed by atoms with E-state index in [0.29, 0.717) is 0 Å². The Morgan fingerprint density at radius 1 is 1.25 bits per heavy atom. The summed E-state index contributed by atoms with van der Waals surface area (Å²) in [4.78, 5) is 0. The molecule has 0 atom stereocenters. The summed E-state index contributed by atoms with van der Waals surface area (Å²) in [5.41, 5.74) is -0.586. The molecule has 0 fully saturated rings. The van der Waals surface area contributed by atoms with Crippen LogP contribution in [0.1, 0.15) is 23.4 Å². The standard InChI is InChI=1S/C19H14ClF3N4O4S/c1-27-15(25-26-19(27)32(2,28)29)9-30-14-4-3-13(20)17(16(14)21)31-12-6-10(8-24)5-11(7-12)18(22)23/h3-7,18H,9H2,1-2H3. The van der Waals surface area contributed by atoms with Gasteiger partial charge in [-0.15, -0.1) is 10.2 Å². The summed E-state index contributed by atoms with van der Waals surface area (Å²) < 4.78 is 76.3. The Morgan fingerprint density at radius 3 is 2.56 bits per heavy atom. The molecular formula is C19H14ClF3N4O4S. The zero-order valence-corrected chi connectivity index (χ0v) is 18.1. The van der Waals surface area contributed by atoms with Crippen molar-refractivity contribution in [2.45, 2.75) is 18.2 Å². The number of nitrogens with zero attached hydrogens (tertiary/aromatic N) is 4. The molecule has 0 amide bonds. The lowest BCUT2D eigenvalue weighted by Crippen LogP contribution is -2.10. The fourth-order valence-corrected chi connectivity index (χ4v) is 3.62. The van der Waals surface area contributed by atoms with Crippen LogP contribution in [0.5, 0.6) is 17.2 Å². The number of hydrogen-bond acceptors (Lipinski definition) is 7. The van der Waals surface area contributed by atoms with Gasteiger partial charge < -0.3 is 14.0 Å². The van der Waals surface area contributed by atoms with Gasteiger partial charge in [-0.25, -0.2) is 17.2 Å². The number of aromatic nitrogens is 3. The first kappa shape index (κ1) is 23.4. The molecule has 1 aromatic heterocycles. The van der Waals surface area contributed by atoms with Crippen molar-refractivity contribution in [1.29, 1.82) is 5.26 Å². The second-order valence-corrected chi connectivity index (χ2v) is 8.83. The van der Waals surface area contributed by atoms with Crippen LogP contribution >= 0.6 is 11.6 Å². The Labute approximate surface area is 185 Å². The van der Waals surface area contributed by atoms with Crippen molar-refractivity contribution in [3.8, 4) is 23.3 Å². The molecule has 3 rings (SSSR count). The number of alkyl halides is 2. The zero-order valence-electron chi connectivity index (χ0n) is 16.5. The summed E-state index contributed by atoms with van der Waals surface area (Å²) in [6.45, 7) is -0.337. The monoisotopic (exact) mass is 486 g/mol. The molecule has 13 heteroatoms. The van der Waals surface area contributed by atoms with Crippen molar-refractivity contribution in [1.82, 2.24) is 14.8 Å². The van der Waals surface area contributed by atoms with E-state index in [4.69, 9.17) is 26.3 Å². The summed E-state index contributed by atoms with van der Waals surface area (Å²) >= 11 is 6.00. The molecule has 0 N–H and O–H groups in total. The van der Waals surface area contributed by atoms with E-state index >= 15 is 0 Å². The third-order valence-electron chi connectivity index (χ3n) is 4.16. The molecule has 32 heavy (non-hydrogen) atoms. The van der Waals surface area contributed by atoms with Crippen LogP contribution in [0.3, 0.4) is 0 Å². The molecule has 0 aliphatic carbocycles. The molecule has 2 aromatic carbocycles. The number of hydrogen-bond donors (Lipinski definition) is 0. The Morgan fingerprint density at radius 2 is 1.97 bits per heavy atom. The van der Waals surface area contributed by atoms with Crippen LogP contribution in [-0.4, -0.2) is 29.4 Å². The first-order chi connectivity index (χ1) is 15.0. The molecule has 0 saturated heterocycles. The van der Waals surface area contributed by atoms with Gasteiger partial charge in [0.25, 0.3) is 6.43 Å². The number of rotatable bonds is 7. The Bertz CT molecular complexity index is 1320. The van der Waals surface area contributed by atoms with E-state index in [-0.39, 0.29) is 39.7 Å². The quantitative estimate of drug-likeness (QED) is 0.492. The molecule has 0 aliphatic rings. The van der Waals surface area contributed by atoms with Crippen LogP contribution in [0.4, 0.5) is 13.2 Å². The Balaban J connectivity index is 1.88. The highest BCUT2D eigenvalue weighted by Gasteiger charge is 2.21. The summed E-state index contributed by atoms with van der Waals surface area (Å²) in [7, 11) is -2.21. The predicted octanol–water partition coefficient (Wildman–Crippen LogP) is 4.19. The van der Waals surface area contributed by atoms with E-state index < -0.39 is 33.4 Å². The van der Waals surface area contributed by atoms with Gasteiger partial charge in [0.2, 0.25) is 20.8 Å². The van der Waals surface area contributed by atoms with Crippen molar-refractivity contribution >= 4 is 21.4 Å². The first-order valence-electron chi connectivity index (χ1n) is 8.71. The van der Waals surface area contributed by atoms with E-state index in [1.807, 2.05) is 0 Å². The lowest BCUT2D eigenvalue weighted by atomic mass is 10.1. The number of sulfone groups is 1. The van der Waals surface area contributed by atoms with Crippen molar-refractivity contribution in [2.24, 2.45) is 7.05 Å². The van der Waals surface area contributed by atoms with Gasteiger partial charge in [0.15, 0.2) is 17.3 Å². The van der Waals surface area contributed by atoms with Gasteiger partial charge in [0.05, 0.1) is 16.7 Å². The van der Waals surface area contributed by atoms with E-state index in [1.54, 1.807) is 6.07 Å². The highest BCUT2D eigenvalue weighted by Crippen LogP contribution is 2.38. The molecule has 0 bridgehead atoms. The first-order valence-corrected chi connectivity index (χ1v) is 11.0. The number of benzene rings is 2. The molecule has 0 spiro atoms. The van der Waals surface area contributed by atoms with Crippen LogP contribution in [0.25, 0.3) is 0 Å². The van der Waals surface area contributed by atoms with Gasteiger partial charge in [0.1, 0.15) is 12.4 Å². The van der Waals surface area contributed by atoms with Crippen LogP contribution in [0, 0.1) is 17.1 Å². The molecule has 3 aromatic rings. The topological polar surface area (TPSA) is 107 Å². The zero-order chi connectivity index (χ0) is 23.6. The maximum absolute atomic E-state index is 15.0. The van der Waals surface area contributed by atoms with Crippen molar-refractivity contribution in [3.05, 3.63) is 58.1 Å². The molecule has 8 nitrogen and oxygen atoms in total. The van der Waals surface area contributed by atoms with Crippen molar-refractivity contribution in [3.63, 3.8) is 0 Å². The Kier molecular flexibility index (Phi) is 6.61. The molecule has 0 radical (unpaired) electrons. The minimum atomic E-state index is -3.62. The third kappa shape index (κ3) is 4.95. The van der Waals surface area contributed by atoms with E-state index in [2.05, 4.69) is 10.2 Å². The van der Waals surface area contributed by atoms with Gasteiger partial charge in [0, 0.05) is 18.9 Å². The maximum Gasteiger partial charge on any atom is 0.264 e. The number of nitriles is 1. The average molecular weight is 487 g/mol. The lowest BCUT2D eigenvalue weighted by molar-refractivity contribution is 0.151. The fraction of sp³-hybridized carbons (Fsp3) is 0.211. The molecule has 1 heterocycles. The highest BCUT2D eigenvalue weighted by atomic mass is 35.5. The minimum absolute atomic E-state index is 0.102. The summed E-state index contributed by atoms with van der Waals surface area (Å²) in [6.07, 6.45) is -1.91. The van der Waals surface area contributed by atoms with E-state index in [1.165, 1.54) is 23.7 Å². The third-order valence-corrected chi connectivity index (χ3v) is 5.47. The second-order valence-electron chi connectivity index (χ2n) is 6.51. The van der Waals surface area contributed by atoms with Gasteiger partial charge in [-0.1, -0.05) is 11.6 Å². The smallest absolute Gasteiger partial charge is 0.264 e. The van der Waals surface area contributed by atoms with Crippen molar-refractivity contribution in [2.75, 3.05) is 6.26 Å². The van der Waals surface area contributed by atoms with Crippen LogP contribution in [0.15, 0.2) is 35.5 Å². The molecule has 0 unspecified atom stereocenters. The minimum Gasteiger partial charge on any atom is -0.482 e. The predicted molar refractivity (Wildman–Crippen MR) is 106 cm³/mol. The molecule has 168 valence electrons. The average Bonchev–Trinajstić information content (AvgIpc) is 3.11. The molecular weight excluding hydrogens is 473 g/mol. The second kappa shape index (κ2) is 9.05. The molecule has 0 aliphatic heterocycles. The SMILES string of the molecule is Cn1c(COc2ccc(Cl)c(Oc3cc(C#N)cc(C(F)F)c3)c2F)nnc1S(C)(=O)=O.